The summed E-state index contributed by atoms with van der Waals surface area (Å²) in [6.45, 7) is 1.68. The van der Waals surface area contributed by atoms with Crippen LogP contribution in [0.1, 0.15) is 83.0 Å². The highest BCUT2D eigenvalue weighted by Gasteiger charge is 2.56. The fraction of sp³-hybridized carbons (Fsp3) is 0.750. The molecule has 0 spiro atoms. The number of ether oxygens (including phenoxy) is 8. The van der Waals surface area contributed by atoms with Gasteiger partial charge in [0.15, 0.2) is 25.2 Å². The molecule has 0 saturated carbocycles. The maximum Gasteiger partial charge on any atom is 0.397 e. The van der Waals surface area contributed by atoms with E-state index in [1.54, 1.807) is 12.1 Å². The highest BCUT2D eigenvalue weighted by Crippen LogP contribution is 2.35. The lowest BCUT2D eigenvalue weighted by Gasteiger charge is -2.51. The van der Waals surface area contributed by atoms with Crippen LogP contribution in [0, 0.1) is 0 Å². The molecule has 1 aromatic rings. The second kappa shape index (κ2) is 30.6. The minimum atomic E-state index is -5.16. The van der Waals surface area contributed by atoms with E-state index >= 15 is 0 Å². The summed E-state index contributed by atoms with van der Waals surface area (Å²) in [5.41, 5.74) is 0.0808. The zero-order valence-electron chi connectivity index (χ0n) is 43.5. The molecule has 1 aromatic carbocycles. The molecule has 4 aliphatic rings. The summed E-state index contributed by atoms with van der Waals surface area (Å²) in [7, 11) is -5.16. The molecule has 30 heteroatoms. The molecular formula is C48H76N4O25S. The Labute approximate surface area is 450 Å². The second-order valence-electron chi connectivity index (χ2n) is 19.2. The third-order valence-corrected chi connectivity index (χ3v) is 13.7. The summed E-state index contributed by atoms with van der Waals surface area (Å²) in [4.78, 5) is 51.0. The van der Waals surface area contributed by atoms with E-state index in [0.29, 0.717) is 12.4 Å². The lowest BCUT2D eigenvalue weighted by atomic mass is 9.93. The molecule has 5 rings (SSSR count). The number of amides is 4. The first-order chi connectivity index (χ1) is 37.0. The molecule has 0 bridgehead atoms. The summed E-state index contributed by atoms with van der Waals surface area (Å²) in [5, 5.41) is 109. The molecule has 4 saturated heterocycles. The minimum absolute atomic E-state index is 0.0808. The van der Waals surface area contributed by atoms with Gasteiger partial charge in [0.05, 0.1) is 33.0 Å². The number of hydrogen-bond donors (Lipinski definition) is 14. The van der Waals surface area contributed by atoms with Gasteiger partial charge in [-0.25, -0.2) is 4.18 Å². The first-order valence-electron chi connectivity index (χ1n) is 25.6. The van der Waals surface area contributed by atoms with Gasteiger partial charge in [-0.05, 0) is 49.9 Å². The van der Waals surface area contributed by atoms with Gasteiger partial charge >= 0.3 is 10.4 Å². The van der Waals surface area contributed by atoms with E-state index in [0.717, 1.165) is 46.5 Å². The van der Waals surface area contributed by atoms with Crippen molar-refractivity contribution < 1.29 is 120 Å². The second-order valence-corrected chi connectivity index (χ2v) is 20.3. The Balaban J connectivity index is 1.33. The van der Waals surface area contributed by atoms with Gasteiger partial charge < -0.3 is 105 Å². The minimum Gasteiger partial charge on any atom is -0.494 e. The zero-order valence-corrected chi connectivity index (χ0v) is 44.3. The summed E-state index contributed by atoms with van der Waals surface area (Å²) in [5.74, 6) is -2.72. The third-order valence-electron chi connectivity index (χ3n) is 13.2. The van der Waals surface area contributed by atoms with Gasteiger partial charge in [-0.2, -0.15) is 8.42 Å². The fourth-order valence-corrected chi connectivity index (χ4v) is 9.64. The number of nitrogens with one attached hydrogen (secondary N) is 4. The number of allylic oxidation sites excluding steroid dienone is 2. The van der Waals surface area contributed by atoms with Crippen LogP contribution in [0.25, 0.3) is 0 Å². The average Bonchev–Trinajstić information content (AvgIpc) is 3.43. The number of aliphatic hydroxyl groups is 9. The Morgan fingerprint density at radius 1 is 0.564 bits per heavy atom. The smallest absolute Gasteiger partial charge is 0.397 e. The van der Waals surface area contributed by atoms with Crippen LogP contribution < -0.4 is 26.0 Å². The van der Waals surface area contributed by atoms with Crippen LogP contribution in [0.15, 0.2) is 36.4 Å². The van der Waals surface area contributed by atoms with Crippen molar-refractivity contribution in [2.24, 2.45) is 0 Å². The molecule has 14 N–H and O–H groups in total. The molecular weight excluding hydrogens is 1060 g/mol. The maximum atomic E-state index is 13.7. The highest BCUT2D eigenvalue weighted by molar-refractivity contribution is 7.80. The number of unbranched alkanes of at least 4 members (excludes halogenated alkanes) is 5. The Hall–Kier alpha value is -4.13. The summed E-state index contributed by atoms with van der Waals surface area (Å²) < 4.78 is 83.8. The molecule has 0 aliphatic carbocycles. The predicted molar refractivity (Wildman–Crippen MR) is 263 cm³/mol. The molecule has 11 unspecified atom stereocenters. The van der Waals surface area contributed by atoms with Crippen LogP contribution in [0.3, 0.4) is 0 Å². The number of carbonyl (C=O) groups is 4. The topological polar surface area (TPSA) is 436 Å². The maximum absolute atomic E-state index is 13.7. The Morgan fingerprint density at radius 2 is 1.01 bits per heavy atom. The quantitative estimate of drug-likeness (QED) is 0.0225. The summed E-state index contributed by atoms with van der Waals surface area (Å²) in [6.07, 6.45) is -17.8. The Morgan fingerprint density at radius 3 is 1.49 bits per heavy atom. The van der Waals surface area contributed by atoms with Crippen molar-refractivity contribution in [3.63, 3.8) is 0 Å². The van der Waals surface area contributed by atoms with Crippen molar-refractivity contribution in [1.82, 2.24) is 21.3 Å². The Kier molecular flexibility index (Phi) is 25.4. The highest BCUT2D eigenvalue weighted by atomic mass is 32.3. The van der Waals surface area contributed by atoms with Gasteiger partial charge in [-0.15, -0.1) is 0 Å². The van der Waals surface area contributed by atoms with Crippen LogP contribution in [-0.2, 0) is 62.1 Å². The van der Waals surface area contributed by atoms with Gasteiger partial charge in [-0.1, -0.05) is 38.3 Å². The molecule has 4 heterocycles. The third kappa shape index (κ3) is 17.9. The molecule has 78 heavy (non-hydrogen) atoms. The number of carbonyl (C=O) groups excluding carboxylic acids is 4. The van der Waals surface area contributed by atoms with E-state index in [1.807, 2.05) is 0 Å². The van der Waals surface area contributed by atoms with Crippen molar-refractivity contribution in [3.8, 4) is 5.75 Å². The van der Waals surface area contributed by atoms with Gasteiger partial charge in [0, 0.05) is 26.3 Å². The zero-order chi connectivity index (χ0) is 57.4. The van der Waals surface area contributed by atoms with Crippen molar-refractivity contribution in [3.05, 3.63) is 42.0 Å². The molecule has 0 aromatic heterocycles. The first kappa shape index (κ1) is 64.7. The Bertz CT molecular complexity index is 2200. The van der Waals surface area contributed by atoms with Crippen molar-refractivity contribution in [2.45, 2.75) is 195 Å². The first-order valence-corrected chi connectivity index (χ1v) is 27.0. The van der Waals surface area contributed by atoms with E-state index in [9.17, 15) is 78.1 Å². The van der Waals surface area contributed by atoms with Crippen molar-refractivity contribution in [1.29, 1.82) is 0 Å². The van der Waals surface area contributed by atoms with Crippen LogP contribution in [0.4, 0.5) is 0 Å². The lowest BCUT2D eigenvalue weighted by Crippen LogP contribution is -2.71. The summed E-state index contributed by atoms with van der Waals surface area (Å²) in [6, 6.07) is -0.739. The van der Waals surface area contributed by atoms with Gasteiger partial charge in [-0.3, -0.25) is 23.7 Å². The molecule has 20 atom stereocenters. The molecule has 4 amide bonds. The normalized spacial score (nSPS) is 35.4. The molecule has 0 radical (unpaired) electrons. The number of rotatable bonds is 27. The van der Waals surface area contributed by atoms with Gasteiger partial charge in [0.2, 0.25) is 17.7 Å². The standard InChI is InChI=1S/C48H76N4O25S/c1-5-6-7-8-9-10-11-12-13-18-69-27-16-14-26(15-17-27)44(64)52-33-37(60)36(59)28(19-53)72-46(33)75-41-29(20-54)73-47(34(39(41)62)50-24(3)57)76-42-30(21-55)74-48(35(40(42)63)51-25(4)58)77-43-31(22-70-78(66,67)68)71-45(65)32(38(43)61)49-23(2)56/h10-11,14-17,28-43,45-48,53-55,59-63,65H,5-9,12-13,18-22H2,1-4H3,(H,49,56)(H,50,57)(H,51,58)(H,52,64)(H,66,67,68)/b11-10-/t28?,29?,30?,31?,32?,33?,34?,35?,36-,37+,38?,39?,40+,41+,42-,43+,45?,46-,47+,48-/m0/s1. The van der Waals surface area contributed by atoms with E-state index in [4.69, 9.17) is 37.9 Å². The number of hydrogen-bond acceptors (Lipinski definition) is 24. The fourth-order valence-electron chi connectivity index (χ4n) is 9.33. The van der Waals surface area contributed by atoms with E-state index < -0.39 is 183 Å². The molecule has 444 valence electrons. The van der Waals surface area contributed by atoms with E-state index in [2.05, 4.69) is 44.5 Å². The molecule has 4 aliphatic heterocycles. The molecule has 4 fully saturated rings. The number of benzene rings is 1. The van der Waals surface area contributed by atoms with E-state index in [1.165, 1.54) is 31.4 Å². The largest absolute Gasteiger partial charge is 0.494 e. The monoisotopic (exact) mass is 1140 g/mol. The van der Waals surface area contributed by atoms with Crippen molar-refractivity contribution >= 4 is 34.0 Å². The van der Waals surface area contributed by atoms with E-state index in [-0.39, 0.29) is 5.56 Å². The predicted octanol–water partition coefficient (Wildman–Crippen LogP) is -4.37. The van der Waals surface area contributed by atoms with Gasteiger partial charge in [0.25, 0.3) is 5.91 Å². The van der Waals surface area contributed by atoms with Crippen LogP contribution in [0.5, 0.6) is 5.75 Å². The number of aliphatic hydroxyl groups excluding tert-OH is 9. The van der Waals surface area contributed by atoms with Crippen LogP contribution in [0.2, 0.25) is 0 Å². The van der Waals surface area contributed by atoms with Gasteiger partial charge in [0.1, 0.15) is 103 Å². The van der Waals surface area contributed by atoms with Crippen LogP contribution in [-0.4, -0.2) is 238 Å². The summed E-state index contributed by atoms with van der Waals surface area (Å²) >= 11 is 0. The lowest BCUT2D eigenvalue weighted by molar-refractivity contribution is -0.361. The van der Waals surface area contributed by atoms with Crippen molar-refractivity contribution in [2.75, 3.05) is 33.0 Å². The average molecular weight is 1140 g/mol. The van der Waals surface area contributed by atoms with Crippen LogP contribution >= 0.6 is 0 Å². The molecule has 29 nitrogen and oxygen atoms in total. The SMILES string of the molecule is CCCCCC/C=C\CCCOc1ccc(C(=O)NC2[C@H](O[C@@H]3C(CO)O[C@H](O[C@H]4C(CO)O[C@@H](O[C@@H]5C(COS(=O)(=O)O)OC(O)C(NC(C)=O)C5O)C(NC(C)=O)[C@H]4O)C(NC(C)=O)C3O)OC(CO)[C@H](O)[C@@H]2O)cc1.